The standard InChI is InChI=1S/C11H13BrN2O3S/c1-4-17-8(12)5-7-6-13-11(18-3)14-9(7)10(15)16-2/h5-6H,4H2,1-3H3. The zero-order valence-corrected chi connectivity index (χ0v) is 12.7. The lowest BCUT2D eigenvalue weighted by Gasteiger charge is -2.06. The van der Waals surface area contributed by atoms with Crippen molar-refractivity contribution in [3.63, 3.8) is 0 Å². The van der Waals surface area contributed by atoms with E-state index in [-0.39, 0.29) is 5.69 Å². The second-order valence-electron chi connectivity index (χ2n) is 3.03. The molecule has 7 heteroatoms. The highest BCUT2D eigenvalue weighted by atomic mass is 79.9. The number of carbonyl (C=O) groups excluding carboxylic acids is 1. The molecular formula is C11H13BrN2O3S. The van der Waals surface area contributed by atoms with Crippen LogP contribution in [0, 0.1) is 0 Å². The van der Waals surface area contributed by atoms with Gasteiger partial charge in [0.05, 0.1) is 13.7 Å². The van der Waals surface area contributed by atoms with Gasteiger partial charge in [-0.05, 0) is 35.2 Å². The maximum atomic E-state index is 11.6. The molecule has 0 amide bonds. The van der Waals surface area contributed by atoms with Crippen molar-refractivity contribution in [3.8, 4) is 0 Å². The van der Waals surface area contributed by atoms with Crippen LogP contribution in [-0.2, 0) is 9.47 Å². The Hall–Kier alpha value is -1.08. The highest BCUT2D eigenvalue weighted by Crippen LogP contribution is 2.18. The molecule has 0 atom stereocenters. The SMILES string of the molecule is CCOC(Br)=Cc1cnc(SC)nc1C(=O)OC. The van der Waals surface area contributed by atoms with Gasteiger partial charge in [0.25, 0.3) is 0 Å². The van der Waals surface area contributed by atoms with Crippen LogP contribution < -0.4 is 0 Å². The highest BCUT2D eigenvalue weighted by Gasteiger charge is 2.14. The number of halogens is 1. The van der Waals surface area contributed by atoms with E-state index >= 15 is 0 Å². The first kappa shape index (κ1) is 15.0. The molecule has 0 radical (unpaired) electrons. The summed E-state index contributed by atoms with van der Waals surface area (Å²) in [6.07, 6.45) is 5.03. The average Bonchev–Trinajstić information content (AvgIpc) is 2.38. The number of nitrogens with zero attached hydrogens (tertiary/aromatic N) is 2. The van der Waals surface area contributed by atoms with Crippen LogP contribution in [0.3, 0.4) is 0 Å². The van der Waals surface area contributed by atoms with E-state index in [1.807, 2.05) is 13.2 Å². The van der Waals surface area contributed by atoms with Crippen molar-refractivity contribution < 1.29 is 14.3 Å². The zero-order valence-electron chi connectivity index (χ0n) is 10.3. The van der Waals surface area contributed by atoms with Crippen molar-refractivity contribution >= 4 is 39.7 Å². The lowest BCUT2D eigenvalue weighted by atomic mass is 10.2. The fourth-order valence-corrected chi connectivity index (χ4v) is 1.96. The Morgan fingerprint density at radius 3 is 2.89 bits per heavy atom. The third kappa shape index (κ3) is 3.99. The molecule has 0 aliphatic heterocycles. The monoisotopic (exact) mass is 332 g/mol. The van der Waals surface area contributed by atoms with Crippen molar-refractivity contribution in [3.05, 3.63) is 22.1 Å². The molecule has 1 aromatic rings. The maximum absolute atomic E-state index is 11.6. The molecule has 5 nitrogen and oxygen atoms in total. The first-order chi connectivity index (χ1) is 8.62. The van der Waals surface area contributed by atoms with Gasteiger partial charge in [0.15, 0.2) is 15.5 Å². The van der Waals surface area contributed by atoms with Gasteiger partial charge in [-0.1, -0.05) is 11.8 Å². The number of hydrogen-bond donors (Lipinski definition) is 0. The summed E-state index contributed by atoms with van der Waals surface area (Å²) in [6.45, 7) is 2.39. The third-order valence-electron chi connectivity index (χ3n) is 1.91. The van der Waals surface area contributed by atoms with E-state index < -0.39 is 5.97 Å². The first-order valence-electron chi connectivity index (χ1n) is 5.11. The molecule has 1 rings (SSSR count). The smallest absolute Gasteiger partial charge is 0.357 e. The summed E-state index contributed by atoms with van der Waals surface area (Å²) in [4.78, 5) is 19.9. The van der Waals surface area contributed by atoms with Crippen LogP contribution in [-0.4, -0.2) is 35.9 Å². The van der Waals surface area contributed by atoms with Crippen molar-refractivity contribution in [1.29, 1.82) is 0 Å². The van der Waals surface area contributed by atoms with Crippen LogP contribution in [0.2, 0.25) is 0 Å². The topological polar surface area (TPSA) is 61.3 Å². The number of hydrogen-bond acceptors (Lipinski definition) is 6. The summed E-state index contributed by atoms with van der Waals surface area (Å²) in [5.41, 5.74) is 0.758. The minimum absolute atomic E-state index is 0.216. The lowest BCUT2D eigenvalue weighted by Crippen LogP contribution is -2.08. The molecule has 0 unspecified atom stereocenters. The molecule has 0 saturated heterocycles. The van der Waals surface area contributed by atoms with Crippen LogP contribution in [0.15, 0.2) is 16.0 Å². The van der Waals surface area contributed by atoms with Gasteiger partial charge in [-0.2, -0.15) is 0 Å². The summed E-state index contributed by atoms with van der Waals surface area (Å²) < 4.78 is 10.4. The van der Waals surface area contributed by atoms with Gasteiger partial charge in [0, 0.05) is 11.8 Å². The van der Waals surface area contributed by atoms with Gasteiger partial charge in [-0.25, -0.2) is 14.8 Å². The van der Waals surface area contributed by atoms with Crippen LogP contribution in [0.5, 0.6) is 0 Å². The number of aromatic nitrogens is 2. The summed E-state index contributed by atoms with van der Waals surface area (Å²) in [5.74, 6) is -0.504. The van der Waals surface area contributed by atoms with Crippen molar-refractivity contribution in [2.45, 2.75) is 12.1 Å². The molecule has 0 spiro atoms. The molecule has 0 saturated carbocycles. The molecule has 98 valence electrons. The normalized spacial score (nSPS) is 11.2. The van der Waals surface area contributed by atoms with Gasteiger partial charge in [0.1, 0.15) is 0 Å². The molecular weight excluding hydrogens is 320 g/mol. The van der Waals surface area contributed by atoms with Crippen LogP contribution in [0.1, 0.15) is 23.0 Å². The van der Waals surface area contributed by atoms with E-state index in [2.05, 4.69) is 25.9 Å². The Morgan fingerprint density at radius 2 is 2.33 bits per heavy atom. The van der Waals surface area contributed by atoms with Crippen molar-refractivity contribution in [2.75, 3.05) is 20.0 Å². The van der Waals surface area contributed by atoms with Gasteiger partial charge >= 0.3 is 5.97 Å². The fourth-order valence-electron chi connectivity index (χ4n) is 1.14. The molecule has 0 aromatic carbocycles. The van der Waals surface area contributed by atoms with Gasteiger partial charge in [-0.3, -0.25) is 0 Å². The number of thioether (sulfide) groups is 1. The predicted octanol–water partition coefficient (Wildman–Crippen LogP) is 2.71. The highest BCUT2D eigenvalue weighted by molar-refractivity contribution is 9.11. The molecule has 18 heavy (non-hydrogen) atoms. The van der Waals surface area contributed by atoms with Crippen molar-refractivity contribution in [1.82, 2.24) is 9.97 Å². The molecule has 0 aliphatic rings. The second kappa shape index (κ2) is 7.38. The van der Waals surface area contributed by atoms with Crippen molar-refractivity contribution in [2.24, 2.45) is 0 Å². The quantitative estimate of drug-likeness (QED) is 0.357. The van der Waals surface area contributed by atoms with Crippen LogP contribution >= 0.6 is 27.7 Å². The maximum Gasteiger partial charge on any atom is 0.357 e. The summed E-state index contributed by atoms with van der Waals surface area (Å²) in [7, 11) is 1.31. The second-order valence-corrected chi connectivity index (χ2v) is 4.59. The molecule has 0 fully saturated rings. The minimum atomic E-state index is -0.504. The number of ether oxygens (including phenoxy) is 2. The Balaban J connectivity index is 3.17. The van der Waals surface area contributed by atoms with E-state index in [0.717, 1.165) is 0 Å². The van der Waals surface area contributed by atoms with Gasteiger partial charge in [-0.15, -0.1) is 0 Å². The summed E-state index contributed by atoms with van der Waals surface area (Å²) in [6, 6.07) is 0. The van der Waals surface area contributed by atoms with E-state index in [4.69, 9.17) is 9.47 Å². The Morgan fingerprint density at radius 1 is 1.61 bits per heavy atom. The molecule has 0 N–H and O–H groups in total. The Kier molecular flexibility index (Phi) is 6.14. The zero-order chi connectivity index (χ0) is 13.5. The Labute approximate surface area is 118 Å². The minimum Gasteiger partial charge on any atom is -0.487 e. The molecule has 0 bridgehead atoms. The number of carbonyl (C=O) groups is 1. The fraction of sp³-hybridized carbons (Fsp3) is 0.364. The lowest BCUT2D eigenvalue weighted by molar-refractivity contribution is 0.0592. The molecule has 1 heterocycles. The van der Waals surface area contributed by atoms with Gasteiger partial charge in [0.2, 0.25) is 0 Å². The molecule has 0 aliphatic carbocycles. The Bertz CT molecular complexity index is 466. The molecule has 1 aromatic heterocycles. The largest absolute Gasteiger partial charge is 0.487 e. The summed E-state index contributed by atoms with van der Waals surface area (Å²) >= 11 is 4.60. The van der Waals surface area contributed by atoms with E-state index in [9.17, 15) is 4.79 Å². The number of methoxy groups -OCH3 is 1. The number of rotatable bonds is 5. The van der Waals surface area contributed by atoms with E-state index in [0.29, 0.717) is 22.0 Å². The van der Waals surface area contributed by atoms with Crippen LogP contribution in [0.4, 0.5) is 0 Å². The third-order valence-corrected chi connectivity index (χ3v) is 2.93. The number of esters is 1. The van der Waals surface area contributed by atoms with Gasteiger partial charge < -0.3 is 9.47 Å². The average molecular weight is 333 g/mol. The predicted molar refractivity (Wildman–Crippen MR) is 73.7 cm³/mol. The van der Waals surface area contributed by atoms with Crippen LogP contribution in [0.25, 0.3) is 6.08 Å². The first-order valence-corrected chi connectivity index (χ1v) is 7.13. The summed E-state index contributed by atoms with van der Waals surface area (Å²) in [5, 5.41) is 0.514. The van der Waals surface area contributed by atoms with E-state index in [1.54, 1.807) is 12.3 Å². The van der Waals surface area contributed by atoms with E-state index in [1.165, 1.54) is 18.9 Å².